The second-order valence-corrected chi connectivity index (χ2v) is 8.27. The van der Waals surface area contributed by atoms with Gasteiger partial charge in [0, 0.05) is 30.3 Å². The summed E-state index contributed by atoms with van der Waals surface area (Å²) in [6.07, 6.45) is 0.901. The number of ether oxygens (including phenoxy) is 2. The topological polar surface area (TPSA) is 97.0 Å². The maximum Gasteiger partial charge on any atom is 0.256 e. The Hall–Kier alpha value is -3.10. The fraction of sp³-hybridized carbons (Fsp3) is 0.348. The quantitative estimate of drug-likeness (QED) is 0.719. The fourth-order valence-electron chi connectivity index (χ4n) is 4.26. The normalized spacial score (nSPS) is 20.0. The first-order chi connectivity index (χ1) is 15.4. The summed E-state index contributed by atoms with van der Waals surface area (Å²) in [5, 5.41) is 6.29. The Balaban J connectivity index is 1.63. The average molecular weight is 458 g/mol. The van der Waals surface area contributed by atoms with E-state index in [0.29, 0.717) is 41.4 Å². The van der Waals surface area contributed by atoms with Crippen LogP contribution in [-0.2, 0) is 14.3 Å². The third-order valence-electron chi connectivity index (χ3n) is 5.79. The van der Waals surface area contributed by atoms with E-state index in [-0.39, 0.29) is 30.4 Å². The fourth-order valence-corrected chi connectivity index (χ4v) is 4.43. The minimum Gasteiger partial charge on any atom is -0.496 e. The Morgan fingerprint density at radius 1 is 1.19 bits per heavy atom. The smallest absolute Gasteiger partial charge is 0.256 e. The van der Waals surface area contributed by atoms with Crippen LogP contribution in [0.3, 0.4) is 0 Å². The summed E-state index contributed by atoms with van der Waals surface area (Å²) in [6.45, 7) is 0.316. The number of nitrogens with one attached hydrogen (secondary N) is 2. The van der Waals surface area contributed by atoms with Crippen LogP contribution >= 0.6 is 11.6 Å². The van der Waals surface area contributed by atoms with Crippen LogP contribution < -0.4 is 15.4 Å². The van der Waals surface area contributed by atoms with Crippen molar-refractivity contribution in [2.45, 2.75) is 24.9 Å². The van der Waals surface area contributed by atoms with Crippen LogP contribution in [0.15, 0.2) is 36.4 Å². The molecule has 2 unspecified atom stereocenters. The molecule has 0 aliphatic carbocycles. The van der Waals surface area contributed by atoms with Gasteiger partial charge in [-0.2, -0.15) is 0 Å². The number of benzene rings is 2. The molecule has 0 saturated carbocycles. The Labute approximate surface area is 190 Å². The Morgan fingerprint density at radius 2 is 2.00 bits per heavy atom. The third kappa shape index (κ3) is 4.28. The van der Waals surface area contributed by atoms with Gasteiger partial charge in [-0.1, -0.05) is 17.7 Å². The predicted octanol–water partition coefficient (Wildman–Crippen LogP) is 2.70. The molecule has 2 aliphatic heterocycles. The minimum atomic E-state index is -0.666. The highest BCUT2D eigenvalue weighted by Gasteiger charge is 2.40. The summed E-state index contributed by atoms with van der Waals surface area (Å²) >= 11 is 6.18. The molecule has 2 N–H and O–H groups in total. The number of rotatable bonds is 5. The molecule has 168 valence electrons. The van der Waals surface area contributed by atoms with Crippen molar-refractivity contribution in [3.63, 3.8) is 0 Å². The van der Waals surface area contributed by atoms with Crippen molar-refractivity contribution in [2.24, 2.45) is 0 Å². The zero-order valence-corrected chi connectivity index (χ0v) is 18.6. The van der Waals surface area contributed by atoms with Crippen LogP contribution in [0.5, 0.6) is 5.75 Å². The molecular formula is C23H24ClN3O5. The SMILES string of the molecule is COCC(=O)NC1CCN2C(=O)c3cc(-c4cc(Cl)ccc4OC)ccc3NC(=O)C2C1. The number of nitrogens with zero attached hydrogens (tertiary/aromatic N) is 1. The van der Waals surface area contributed by atoms with E-state index in [2.05, 4.69) is 10.6 Å². The van der Waals surface area contributed by atoms with E-state index in [4.69, 9.17) is 21.1 Å². The number of amides is 3. The molecule has 32 heavy (non-hydrogen) atoms. The molecule has 0 aromatic heterocycles. The van der Waals surface area contributed by atoms with Gasteiger partial charge in [0.15, 0.2) is 0 Å². The molecule has 2 aromatic rings. The third-order valence-corrected chi connectivity index (χ3v) is 6.02. The van der Waals surface area contributed by atoms with Crippen LogP contribution in [0.25, 0.3) is 11.1 Å². The molecule has 1 fully saturated rings. The van der Waals surface area contributed by atoms with Gasteiger partial charge < -0.3 is 25.0 Å². The predicted molar refractivity (Wildman–Crippen MR) is 120 cm³/mol. The van der Waals surface area contributed by atoms with Crippen LogP contribution in [0, 0.1) is 0 Å². The molecule has 2 aromatic carbocycles. The molecule has 3 amide bonds. The number of piperidine rings is 1. The van der Waals surface area contributed by atoms with E-state index >= 15 is 0 Å². The van der Waals surface area contributed by atoms with Crippen LogP contribution in [-0.4, -0.2) is 62.1 Å². The summed E-state index contributed by atoms with van der Waals surface area (Å²) in [5.41, 5.74) is 2.37. The molecule has 2 aliphatic rings. The maximum absolute atomic E-state index is 13.4. The van der Waals surface area contributed by atoms with Crippen molar-refractivity contribution in [1.29, 1.82) is 0 Å². The van der Waals surface area contributed by atoms with Gasteiger partial charge in [-0.15, -0.1) is 0 Å². The van der Waals surface area contributed by atoms with Crippen molar-refractivity contribution in [1.82, 2.24) is 10.2 Å². The number of carbonyl (C=O) groups excluding carboxylic acids is 3. The summed E-state index contributed by atoms with van der Waals surface area (Å²) in [5.74, 6) is -0.108. The van der Waals surface area contributed by atoms with Crippen molar-refractivity contribution < 1.29 is 23.9 Å². The molecule has 1 saturated heterocycles. The average Bonchev–Trinajstić information content (AvgIpc) is 2.88. The molecule has 0 bridgehead atoms. The number of hydrogen-bond acceptors (Lipinski definition) is 5. The van der Waals surface area contributed by atoms with E-state index in [1.807, 2.05) is 6.07 Å². The minimum absolute atomic E-state index is 0.0445. The molecule has 8 nitrogen and oxygen atoms in total. The highest BCUT2D eigenvalue weighted by Crippen LogP contribution is 2.36. The van der Waals surface area contributed by atoms with E-state index in [1.54, 1.807) is 42.3 Å². The first kappa shape index (κ1) is 22.1. The highest BCUT2D eigenvalue weighted by molar-refractivity contribution is 6.31. The summed E-state index contributed by atoms with van der Waals surface area (Å²) in [7, 11) is 3.02. The van der Waals surface area contributed by atoms with Crippen LogP contribution in [0.4, 0.5) is 5.69 Å². The second-order valence-electron chi connectivity index (χ2n) is 7.83. The molecule has 4 rings (SSSR count). The van der Waals surface area contributed by atoms with Crippen molar-refractivity contribution in [2.75, 3.05) is 32.7 Å². The van der Waals surface area contributed by atoms with Gasteiger partial charge in [0.2, 0.25) is 11.8 Å². The van der Waals surface area contributed by atoms with Crippen LogP contribution in [0.2, 0.25) is 5.02 Å². The Bertz CT molecular complexity index is 1070. The maximum atomic E-state index is 13.4. The lowest BCUT2D eigenvalue weighted by Crippen LogP contribution is -2.55. The molecular weight excluding hydrogens is 434 g/mol. The lowest BCUT2D eigenvalue weighted by molar-refractivity contribution is -0.127. The van der Waals surface area contributed by atoms with Gasteiger partial charge in [-0.25, -0.2) is 0 Å². The highest BCUT2D eigenvalue weighted by atomic mass is 35.5. The molecule has 2 atom stereocenters. The zero-order chi connectivity index (χ0) is 22.8. The van der Waals surface area contributed by atoms with Crippen molar-refractivity contribution >= 4 is 35.0 Å². The Morgan fingerprint density at radius 3 is 2.75 bits per heavy atom. The Kier molecular flexibility index (Phi) is 6.34. The van der Waals surface area contributed by atoms with Gasteiger partial charge in [0.25, 0.3) is 5.91 Å². The van der Waals surface area contributed by atoms with E-state index in [1.165, 1.54) is 7.11 Å². The summed E-state index contributed by atoms with van der Waals surface area (Å²) < 4.78 is 10.3. The number of anilines is 1. The van der Waals surface area contributed by atoms with E-state index in [9.17, 15) is 14.4 Å². The molecule has 2 heterocycles. The largest absolute Gasteiger partial charge is 0.496 e. The van der Waals surface area contributed by atoms with Gasteiger partial charge in [-0.05, 0) is 48.7 Å². The zero-order valence-electron chi connectivity index (χ0n) is 17.8. The monoisotopic (exact) mass is 457 g/mol. The number of fused-ring (bicyclic) bond motifs is 2. The van der Waals surface area contributed by atoms with E-state index in [0.717, 1.165) is 11.1 Å². The number of halogens is 1. The number of methoxy groups -OCH3 is 2. The van der Waals surface area contributed by atoms with Crippen LogP contribution in [0.1, 0.15) is 23.2 Å². The lowest BCUT2D eigenvalue weighted by atomic mass is 9.95. The van der Waals surface area contributed by atoms with E-state index < -0.39 is 6.04 Å². The molecule has 9 heteroatoms. The second kappa shape index (κ2) is 9.18. The van der Waals surface area contributed by atoms with Gasteiger partial charge in [-0.3, -0.25) is 14.4 Å². The lowest BCUT2D eigenvalue weighted by Gasteiger charge is -2.37. The van der Waals surface area contributed by atoms with Gasteiger partial charge in [0.1, 0.15) is 18.4 Å². The standard InChI is InChI=1S/C23H24ClN3O5/c1-31-12-21(28)25-15-7-8-27-19(11-15)22(29)26-18-5-3-13(9-17(18)23(27)30)16-10-14(24)4-6-20(16)32-2/h3-6,9-10,15,19H,7-8,11-12H2,1-2H3,(H,25,28)(H,26,29). The van der Waals surface area contributed by atoms with Crippen molar-refractivity contribution in [3.05, 3.63) is 47.0 Å². The number of hydrogen-bond donors (Lipinski definition) is 2. The summed E-state index contributed by atoms with van der Waals surface area (Å²) in [4.78, 5) is 39.8. The van der Waals surface area contributed by atoms with Gasteiger partial charge >= 0.3 is 0 Å². The molecule has 0 radical (unpaired) electrons. The van der Waals surface area contributed by atoms with Crippen molar-refractivity contribution in [3.8, 4) is 16.9 Å². The number of carbonyl (C=O) groups is 3. The molecule has 0 spiro atoms. The summed E-state index contributed by atoms with van der Waals surface area (Å²) in [6, 6.07) is 9.70. The van der Waals surface area contributed by atoms with Gasteiger partial charge in [0.05, 0.1) is 18.4 Å². The first-order valence-corrected chi connectivity index (χ1v) is 10.7. The first-order valence-electron chi connectivity index (χ1n) is 10.3.